The minimum absolute atomic E-state index is 0.00293. The molecule has 0 aliphatic carbocycles. The van der Waals surface area contributed by atoms with Crippen molar-refractivity contribution in [3.05, 3.63) is 18.0 Å². The van der Waals surface area contributed by atoms with Crippen LogP contribution in [-0.2, 0) is 21.9 Å². The average molecular weight is 273 g/mol. The molecule has 7 nitrogen and oxygen atoms in total. The first-order valence-corrected chi connectivity index (χ1v) is 7.13. The molecule has 18 heavy (non-hydrogen) atoms. The molecule has 8 heteroatoms. The molecule has 0 saturated carbocycles. The number of aromatic nitrogens is 2. The van der Waals surface area contributed by atoms with Crippen molar-refractivity contribution in [3.8, 4) is 0 Å². The van der Waals surface area contributed by atoms with Crippen LogP contribution in [0.4, 0.5) is 0 Å². The van der Waals surface area contributed by atoms with Gasteiger partial charge in [-0.05, 0) is 5.92 Å². The largest absolute Gasteiger partial charge is 0.480 e. The van der Waals surface area contributed by atoms with Crippen molar-refractivity contribution in [2.75, 3.05) is 12.3 Å². The lowest BCUT2D eigenvalue weighted by atomic mass is 10.1. The molecule has 2 atom stereocenters. The van der Waals surface area contributed by atoms with Crippen molar-refractivity contribution >= 4 is 16.0 Å². The molecule has 0 amide bonds. The van der Waals surface area contributed by atoms with Crippen molar-refractivity contribution < 1.29 is 18.3 Å². The highest BCUT2D eigenvalue weighted by atomic mass is 32.2. The normalized spacial score (nSPS) is 25.1. The second-order valence-electron chi connectivity index (χ2n) is 4.64. The van der Waals surface area contributed by atoms with Crippen molar-refractivity contribution in [1.82, 2.24) is 14.1 Å². The topological polar surface area (TPSA) is 92.5 Å². The molecule has 1 N–H and O–H groups in total. The lowest BCUT2D eigenvalue weighted by Gasteiger charge is -2.21. The summed E-state index contributed by atoms with van der Waals surface area (Å²) in [6, 6.07) is -1.19. The Morgan fingerprint density at radius 3 is 2.67 bits per heavy atom. The second-order valence-corrected chi connectivity index (χ2v) is 6.61. The van der Waals surface area contributed by atoms with Crippen LogP contribution in [0.5, 0.6) is 0 Å². The van der Waals surface area contributed by atoms with Gasteiger partial charge in [0, 0.05) is 25.4 Å². The van der Waals surface area contributed by atoms with Gasteiger partial charge in [-0.2, -0.15) is 9.40 Å². The van der Waals surface area contributed by atoms with E-state index < -0.39 is 22.0 Å². The van der Waals surface area contributed by atoms with Gasteiger partial charge in [0.2, 0.25) is 10.0 Å². The number of hydrogen-bond donors (Lipinski definition) is 1. The van der Waals surface area contributed by atoms with Gasteiger partial charge in [-0.3, -0.25) is 9.48 Å². The Bertz CT molecular complexity index is 565. The Labute approximate surface area is 105 Å². The summed E-state index contributed by atoms with van der Waals surface area (Å²) in [5.74, 6) is -1.24. The van der Waals surface area contributed by atoms with Gasteiger partial charge in [0.25, 0.3) is 0 Å². The van der Waals surface area contributed by atoms with Gasteiger partial charge in [-0.15, -0.1) is 0 Å². The van der Waals surface area contributed by atoms with E-state index in [-0.39, 0.29) is 18.2 Å². The van der Waals surface area contributed by atoms with Gasteiger partial charge in [-0.25, -0.2) is 8.42 Å². The zero-order chi connectivity index (χ0) is 13.5. The van der Waals surface area contributed by atoms with E-state index in [2.05, 4.69) is 5.10 Å². The maximum absolute atomic E-state index is 11.9. The van der Waals surface area contributed by atoms with Crippen LogP contribution >= 0.6 is 0 Å². The van der Waals surface area contributed by atoms with Gasteiger partial charge in [0.05, 0.1) is 11.9 Å². The fourth-order valence-corrected chi connectivity index (χ4v) is 4.24. The number of hydrogen-bond acceptors (Lipinski definition) is 4. The molecule has 1 aromatic rings. The molecule has 1 aliphatic rings. The van der Waals surface area contributed by atoms with Crippen LogP contribution in [0, 0.1) is 5.92 Å². The quantitative estimate of drug-likeness (QED) is 0.825. The molecule has 1 aromatic heterocycles. The van der Waals surface area contributed by atoms with Crippen LogP contribution < -0.4 is 0 Å². The summed E-state index contributed by atoms with van der Waals surface area (Å²) in [4.78, 5) is 11.3. The lowest BCUT2D eigenvalue weighted by Crippen LogP contribution is -2.35. The summed E-state index contributed by atoms with van der Waals surface area (Å²) in [5.41, 5.74) is 0.377. The summed E-state index contributed by atoms with van der Waals surface area (Å²) < 4.78 is 26.4. The molecular weight excluding hydrogens is 258 g/mol. The Morgan fingerprint density at radius 1 is 1.61 bits per heavy atom. The number of carbonyl (C=O) groups is 1. The summed E-state index contributed by atoms with van der Waals surface area (Å²) in [7, 11) is -1.85. The number of sulfonamides is 1. The lowest BCUT2D eigenvalue weighted by molar-refractivity contribution is -0.141. The number of aliphatic carboxylic acids is 1. The van der Waals surface area contributed by atoms with E-state index in [1.54, 1.807) is 14.0 Å². The first kappa shape index (κ1) is 13.0. The zero-order valence-corrected chi connectivity index (χ0v) is 11.0. The molecule has 2 heterocycles. The van der Waals surface area contributed by atoms with E-state index in [4.69, 9.17) is 0 Å². The fourth-order valence-electron chi connectivity index (χ4n) is 2.21. The Morgan fingerprint density at radius 2 is 2.28 bits per heavy atom. The molecule has 0 bridgehead atoms. The number of nitrogens with zero attached hydrogens (tertiary/aromatic N) is 3. The Balaban J connectivity index is 2.41. The summed E-state index contributed by atoms with van der Waals surface area (Å²) in [6.07, 6.45) is 2.91. The minimum atomic E-state index is -3.50. The molecule has 2 unspecified atom stereocenters. The number of carboxylic acids is 1. The molecule has 0 spiro atoms. The molecule has 2 rings (SSSR count). The average Bonchev–Trinajstić information content (AvgIpc) is 2.72. The monoisotopic (exact) mass is 273 g/mol. The van der Waals surface area contributed by atoms with E-state index in [0.29, 0.717) is 5.56 Å². The zero-order valence-electron chi connectivity index (χ0n) is 10.1. The van der Waals surface area contributed by atoms with Gasteiger partial charge in [-0.1, -0.05) is 6.92 Å². The third-order valence-electron chi connectivity index (χ3n) is 2.91. The van der Waals surface area contributed by atoms with Crippen LogP contribution in [0.3, 0.4) is 0 Å². The van der Waals surface area contributed by atoms with Gasteiger partial charge in [0.15, 0.2) is 0 Å². The molecular formula is C10H15N3O4S. The molecule has 0 aromatic carbocycles. The fraction of sp³-hybridized carbons (Fsp3) is 0.600. The standard InChI is InChI=1S/C10H15N3O4S/c1-7-4-13(18(16,17)6-7)9(10(14)15)8-3-11-12(2)5-8/h3,5,7,9H,4,6H2,1-2H3,(H,14,15). The summed E-state index contributed by atoms with van der Waals surface area (Å²) in [6.45, 7) is 2.02. The van der Waals surface area contributed by atoms with E-state index in [0.717, 1.165) is 4.31 Å². The number of aryl methyl sites for hydroxylation is 1. The van der Waals surface area contributed by atoms with Gasteiger partial charge in [0.1, 0.15) is 6.04 Å². The second kappa shape index (κ2) is 4.36. The minimum Gasteiger partial charge on any atom is -0.480 e. The highest BCUT2D eigenvalue weighted by Crippen LogP contribution is 2.30. The van der Waals surface area contributed by atoms with Crippen LogP contribution in [0.25, 0.3) is 0 Å². The number of rotatable bonds is 3. The Hall–Kier alpha value is -1.41. The number of carboxylic acid groups (broad SMARTS) is 1. The van der Waals surface area contributed by atoms with Crippen LogP contribution in [0.15, 0.2) is 12.4 Å². The summed E-state index contributed by atoms with van der Waals surface area (Å²) in [5, 5.41) is 13.2. The molecule has 1 aliphatic heterocycles. The molecule has 0 radical (unpaired) electrons. The first-order valence-electron chi connectivity index (χ1n) is 5.52. The van der Waals surface area contributed by atoms with Crippen molar-refractivity contribution in [2.24, 2.45) is 13.0 Å². The van der Waals surface area contributed by atoms with Crippen molar-refractivity contribution in [1.29, 1.82) is 0 Å². The van der Waals surface area contributed by atoms with Crippen molar-refractivity contribution in [2.45, 2.75) is 13.0 Å². The smallest absolute Gasteiger partial charge is 0.326 e. The van der Waals surface area contributed by atoms with Gasteiger partial charge < -0.3 is 5.11 Å². The third-order valence-corrected chi connectivity index (χ3v) is 4.97. The SMILES string of the molecule is CC1CN(C(C(=O)O)c2cnn(C)c2)S(=O)(=O)C1. The van der Waals surface area contributed by atoms with E-state index in [9.17, 15) is 18.3 Å². The maximum Gasteiger partial charge on any atom is 0.326 e. The maximum atomic E-state index is 11.9. The summed E-state index contributed by atoms with van der Waals surface area (Å²) >= 11 is 0. The predicted molar refractivity (Wildman–Crippen MR) is 63.2 cm³/mol. The van der Waals surface area contributed by atoms with Crippen LogP contribution in [-0.4, -0.2) is 45.9 Å². The van der Waals surface area contributed by atoms with Gasteiger partial charge >= 0.3 is 5.97 Å². The van der Waals surface area contributed by atoms with E-state index in [1.165, 1.54) is 17.1 Å². The van der Waals surface area contributed by atoms with E-state index in [1.807, 2.05) is 0 Å². The molecule has 1 fully saturated rings. The highest BCUT2D eigenvalue weighted by molar-refractivity contribution is 7.89. The predicted octanol–water partition coefficient (Wildman–Crippen LogP) is -0.173. The van der Waals surface area contributed by atoms with E-state index >= 15 is 0 Å². The van der Waals surface area contributed by atoms with Crippen LogP contribution in [0.2, 0.25) is 0 Å². The third kappa shape index (κ3) is 2.25. The van der Waals surface area contributed by atoms with Crippen molar-refractivity contribution in [3.63, 3.8) is 0 Å². The van der Waals surface area contributed by atoms with Crippen LogP contribution in [0.1, 0.15) is 18.5 Å². The molecule has 1 saturated heterocycles. The first-order chi connectivity index (χ1) is 8.31. The highest BCUT2D eigenvalue weighted by Gasteiger charge is 2.42. The molecule has 100 valence electrons. The Kier molecular flexibility index (Phi) is 3.16.